The Morgan fingerprint density at radius 2 is 1.70 bits per heavy atom. The lowest BCUT2D eigenvalue weighted by Gasteiger charge is -2.12. The SMILES string of the molecule is OC[C@@H]1C[C@H](O)[C@H](O)[C@@H]1O. The summed E-state index contributed by atoms with van der Waals surface area (Å²) < 4.78 is 0. The molecule has 0 aromatic carbocycles. The number of hydrogen-bond donors (Lipinski definition) is 4. The minimum atomic E-state index is -1.09. The van der Waals surface area contributed by atoms with Gasteiger partial charge >= 0.3 is 0 Å². The van der Waals surface area contributed by atoms with Gasteiger partial charge in [-0.3, -0.25) is 0 Å². The lowest BCUT2D eigenvalue weighted by atomic mass is 10.1. The predicted molar refractivity (Wildman–Crippen MR) is 33.2 cm³/mol. The van der Waals surface area contributed by atoms with Gasteiger partial charge in [-0.2, -0.15) is 0 Å². The van der Waals surface area contributed by atoms with Gasteiger partial charge in [-0.15, -0.1) is 0 Å². The Morgan fingerprint density at radius 3 is 1.90 bits per heavy atom. The van der Waals surface area contributed by atoms with E-state index in [1.807, 2.05) is 0 Å². The third-order valence-corrected chi connectivity index (χ3v) is 2.01. The first kappa shape index (κ1) is 7.94. The molecule has 1 fully saturated rings. The Labute approximate surface area is 58.7 Å². The molecule has 1 aliphatic rings. The Bertz CT molecular complexity index is 116. The van der Waals surface area contributed by atoms with Crippen molar-refractivity contribution >= 4 is 0 Å². The second kappa shape index (κ2) is 2.84. The van der Waals surface area contributed by atoms with E-state index < -0.39 is 18.3 Å². The van der Waals surface area contributed by atoms with Crippen LogP contribution in [0.4, 0.5) is 0 Å². The van der Waals surface area contributed by atoms with Crippen LogP contribution < -0.4 is 0 Å². The topological polar surface area (TPSA) is 80.9 Å². The van der Waals surface area contributed by atoms with Crippen molar-refractivity contribution in [2.45, 2.75) is 24.7 Å². The Hall–Kier alpha value is -0.160. The first-order valence-corrected chi connectivity index (χ1v) is 3.32. The van der Waals surface area contributed by atoms with E-state index in [0.29, 0.717) is 0 Å². The predicted octanol–water partition coefficient (Wildman–Crippen LogP) is -1.92. The van der Waals surface area contributed by atoms with Gasteiger partial charge in [-0.05, 0) is 6.42 Å². The minimum Gasteiger partial charge on any atom is -0.396 e. The van der Waals surface area contributed by atoms with Crippen molar-refractivity contribution < 1.29 is 20.4 Å². The summed E-state index contributed by atoms with van der Waals surface area (Å²) in [6.07, 6.45) is -2.66. The lowest BCUT2D eigenvalue weighted by molar-refractivity contribution is -0.0302. The van der Waals surface area contributed by atoms with Crippen molar-refractivity contribution in [2.24, 2.45) is 5.92 Å². The summed E-state index contributed by atoms with van der Waals surface area (Å²) in [7, 11) is 0. The Morgan fingerprint density at radius 1 is 1.10 bits per heavy atom. The van der Waals surface area contributed by atoms with E-state index in [-0.39, 0.29) is 18.9 Å². The average molecular weight is 148 g/mol. The van der Waals surface area contributed by atoms with Gasteiger partial charge in [0.25, 0.3) is 0 Å². The Balaban J connectivity index is 2.53. The molecule has 60 valence electrons. The molecule has 0 amide bonds. The number of aliphatic hydroxyl groups excluding tert-OH is 4. The quantitative estimate of drug-likeness (QED) is 0.349. The van der Waals surface area contributed by atoms with Crippen LogP contribution in [0.1, 0.15) is 6.42 Å². The molecule has 1 rings (SSSR count). The molecule has 0 aliphatic heterocycles. The minimum absolute atomic E-state index is 0.185. The zero-order valence-electron chi connectivity index (χ0n) is 5.51. The van der Waals surface area contributed by atoms with Gasteiger partial charge in [-0.25, -0.2) is 0 Å². The average Bonchev–Trinajstić information content (AvgIpc) is 2.17. The zero-order valence-corrected chi connectivity index (χ0v) is 5.51. The van der Waals surface area contributed by atoms with Crippen LogP contribution in [0.25, 0.3) is 0 Å². The van der Waals surface area contributed by atoms with Crippen LogP contribution in [0.15, 0.2) is 0 Å². The van der Waals surface area contributed by atoms with Gasteiger partial charge in [0.15, 0.2) is 0 Å². The summed E-state index contributed by atoms with van der Waals surface area (Å²) in [5, 5.41) is 35.6. The monoisotopic (exact) mass is 148 g/mol. The van der Waals surface area contributed by atoms with Gasteiger partial charge in [0.05, 0.1) is 12.2 Å². The zero-order chi connectivity index (χ0) is 7.72. The first-order chi connectivity index (χ1) is 4.66. The van der Waals surface area contributed by atoms with Gasteiger partial charge < -0.3 is 20.4 Å². The molecule has 0 aromatic rings. The van der Waals surface area contributed by atoms with Crippen LogP contribution in [0, 0.1) is 5.92 Å². The summed E-state index contributed by atoms with van der Waals surface area (Å²) >= 11 is 0. The highest BCUT2D eigenvalue weighted by atomic mass is 16.4. The molecule has 0 saturated heterocycles. The molecule has 4 nitrogen and oxygen atoms in total. The molecular formula is C6H12O4. The first-order valence-electron chi connectivity index (χ1n) is 3.32. The maximum Gasteiger partial charge on any atom is 0.106 e. The second-order valence-electron chi connectivity index (χ2n) is 2.73. The van der Waals surface area contributed by atoms with Gasteiger partial charge in [0, 0.05) is 12.5 Å². The smallest absolute Gasteiger partial charge is 0.106 e. The van der Waals surface area contributed by atoms with Crippen molar-refractivity contribution in [1.82, 2.24) is 0 Å². The van der Waals surface area contributed by atoms with Crippen molar-refractivity contribution in [3.63, 3.8) is 0 Å². The van der Waals surface area contributed by atoms with E-state index in [4.69, 9.17) is 20.4 Å². The van der Waals surface area contributed by atoms with E-state index in [0.717, 1.165) is 0 Å². The molecule has 4 atom stereocenters. The molecule has 0 heterocycles. The maximum absolute atomic E-state index is 9.06. The molecule has 0 bridgehead atoms. The van der Waals surface area contributed by atoms with Crippen LogP contribution in [0.5, 0.6) is 0 Å². The summed E-state index contributed by atoms with van der Waals surface area (Å²) in [4.78, 5) is 0. The molecule has 0 unspecified atom stereocenters. The highest BCUT2D eigenvalue weighted by molar-refractivity contribution is 4.90. The third-order valence-electron chi connectivity index (χ3n) is 2.01. The molecule has 1 aliphatic carbocycles. The van der Waals surface area contributed by atoms with E-state index in [9.17, 15) is 0 Å². The molecule has 1 saturated carbocycles. The number of hydrogen-bond acceptors (Lipinski definition) is 4. The summed E-state index contributed by atoms with van der Waals surface area (Å²) in [6, 6.07) is 0. The standard InChI is InChI=1S/C6H12O4/c7-2-3-1-4(8)6(10)5(3)9/h3-10H,1-2H2/t3-,4-,5+,6-/m0/s1. The van der Waals surface area contributed by atoms with Gasteiger partial charge in [0.1, 0.15) is 6.10 Å². The number of aliphatic hydroxyl groups is 4. The van der Waals surface area contributed by atoms with Crippen molar-refractivity contribution in [2.75, 3.05) is 6.61 Å². The molecule has 0 spiro atoms. The summed E-state index contributed by atoms with van der Waals surface area (Å²) in [6.45, 7) is -0.185. The molecule has 0 radical (unpaired) electrons. The molecule has 10 heavy (non-hydrogen) atoms. The van der Waals surface area contributed by atoms with Crippen molar-refractivity contribution in [1.29, 1.82) is 0 Å². The van der Waals surface area contributed by atoms with Gasteiger partial charge in [0.2, 0.25) is 0 Å². The number of rotatable bonds is 1. The van der Waals surface area contributed by atoms with E-state index >= 15 is 0 Å². The maximum atomic E-state index is 9.06. The third kappa shape index (κ3) is 1.15. The van der Waals surface area contributed by atoms with Crippen molar-refractivity contribution in [3.05, 3.63) is 0 Å². The second-order valence-corrected chi connectivity index (χ2v) is 2.73. The van der Waals surface area contributed by atoms with E-state index in [1.54, 1.807) is 0 Å². The fourth-order valence-electron chi connectivity index (χ4n) is 1.28. The Kier molecular flexibility index (Phi) is 2.25. The van der Waals surface area contributed by atoms with Crippen LogP contribution in [-0.4, -0.2) is 45.3 Å². The molecule has 4 N–H and O–H groups in total. The highest BCUT2D eigenvalue weighted by Crippen LogP contribution is 2.25. The fourth-order valence-corrected chi connectivity index (χ4v) is 1.28. The molecule has 0 aromatic heterocycles. The fraction of sp³-hybridized carbons (Fsp3) is 1.00. The largest absolute Gasteiger partial charge is 0.396 e. The van der Waals surface area contributed by atoms with Gasteiger partial charge in [-0.1, -0.05) is 0 Å². The molecule has 4 heteroatoms. The van der Waals surface area contributed by atoms with Crippen LogP contribution in [0.3, 0.4) is 0 Å². The van der Waals surface area contributed by atoms with E-state index in [2.05, 4.69) is 0 Å². The lowest BCUT2D eigenvalue weighted by Crippen LogP contribution is -2.31. The highest BCUT2D eigenvalue weighted by Gasteiger charge is 2.39. The van der Waals surface area contributed by atoms with Crippen molar-refractivity contribution in [3.8, 4) is 0 Å². The van der Waals surface area contributed by atoms with Crippen LogP contribution in [0.2, 0.25) is 0 Å². The van der Waals surface area contributed by atoms with E-state index in [1.165, 1.54) is 0 Å². The summed E-state index contributed by atoms with van der Waals surface area (Å²) in [5.74, 6) is -0.370. The van der Waals surface area contributed by atoms with Crippen LogP contribution >= 0.6 is 0 Å². The summed E-state index contributed by atoms with van der Waals surface area (Å²) in [5.41, 5.74) is 0. The normalized spacial score (nSPS) is 48.0. The van der Waals surface area contributed by atoms with Crippen LogP contribution in [-0.2, 0) is 0 Å². The molecular weight excluding hydrogens is 136 g/mol.